The predicted molar refractivity (Wildman–Crippen MR) is 94.4 cm³/mol. The zero-order valence-corrected chi connectivity index (χ0v) is 14.8. The van der Waals surface area contributed by atoms with Crippen molar-refractivity contribution in [2.45, 2.75) is 11.8 Å². The van der Waals surface area contributed by atoms with E-state index in [9.17, 15) is 13.2 Å². The van der Waals surface area contributed by atoms with Crippen LogP contribution in [0.15, 0.2) is 53.4 Å². The Labute approximate surface area is 147 Å². The van der Waals surface area contributed by atoms with Gasteiger partial charge in [0.25, 0.3) is 0 Å². The molecule has 0 radical (unpaired) electrons. The van der Waals surface area contributed by atoms with Gasteiger partial charge in [-0.25, -0.2) is 13.1 Å². The Morgan fingerprint density at radius 3 is 2.40 bits per heavy atom. The highest BCUT2D eigenvalue weighted by atomic mass is 32.2. The SMILES string of the molecule is CCOc1ccc(S(=O)(=O)NCC(=O)Nc2ccccc2OC)cc1. The number of amides is 1. The van der Waals surface area contributed by atoms with Crippen LogP contribution in [0.5, 0.6) is 11.5 Å². The lowest BCUT2D eigenvalue weighted by molar-refractivity contribution is -0.115. The molecule has 1 amide bonds. The number of sulfonamides is 1. The lowest BCUT2D eigenvalue weighted by Crippen LogP contribution is -2.33. The molecule has 2 aromatic rings. The van der Waals surface area contributed by atoms with E-state index in [0.717, 1.165) is 0 Å². The van der Waals surface area contributed by atoms with E-state index in [0.29, 0.717) is 23.8 Å². The first kappa shape index (κ1) is 18.8. The van der Waals surface area contributed by atoms with Crippen LogP contribution in [-0.4, -0.2) is 34.6 Å². The predicted octanol–water partition coefficient (Wildman–Crippen LogP) is 2.01. The summed E-state index contributed by atoms with van der Waals surface area (Å²) in [6.07, 6.45) is 0. The van der Waals surface area contributed by atoms with Gasteiger partial charge in [-0.15, -0.1) is 0 Å². The van der Waals surface area contributed by atoms with Crippen LogP contribution < -0.4 is 19.5 Å². The Balaban J connectivity index is 1.98. The average Bonchev–Trinajstić information content (AvgIpc) is 2.61. The van der Waals surface area contributed by atoms with Crippen molar-refractivity contribution in [3.05, 3.63) is 48.5 Å². The van der Waals surface area contributed by atoms with Crippen molar-refractivity contribution in [1.29, 1.82) is 0 Å². The van der Waals surface area contributed by atoms with Crippen LogP contribution in [0.4, 0.5) is 5.69 Å². The molecule has 0 heterocycles. The number of hydrogen-bond acceptors (Lipinski definition) is 5. The molecule has 0 spiro atoms. The largest absolute Gasteiger partial charge is 0.495 e. The molecule has 0 saturated heterocycles. The highest BCUT2D eigenvalue weighted by Gasteiger charge is 2.16. The molecule has 0 fully saturated rings. The van der Waals surface area contributed by atoms with Gasteiger partial charge < -0.3 is 14.8 Å². The maximum Gasteiger partial charge on any atom is 0.241 e. The third-order valence-electron chi connectivity index (χ3n) is 3.25. The summed E-state index contributed by atoms with van der Waals surface area (Å²) in [6, 6.07) is 12.8. The highest BCUT2D eigenvalue weighted by Crippen LogP contribution is 2.22. The highest BCUT2D eigenvalue weighted by molar-refractivity contribution is 7.89. The second-order valence-electron chi connectivity index (χ2n) is 4.98. The molecule has 2 aromatic carbocycles. The van der Waals surface area contributed by atoms with Gasteiger partial charge in [0.1, 0.15) is 11.5 Å². The number of hydrogen-bond donors (Lipinski definition) is 2. The number of methoxy groups -OCH3 is 1. The van der Waals surface area contributed by atoms with E-state index >= 15 is 0 Å². The van der Waals surface area contributed by atoms with Gasteiger partial charge in [0.15, 0.2) is 0 Å². The van der Waals surface area contributed by atoms with E-state index in [4.69, 9.17) is 9.47 Å². The minimum atomic E-state index is -3.79. The molecular weight excluding hydrogens is 344 g/mol. The van der Waals surface area contributed by atoms with Crippen LogP contribution in [0.1, 0.15) is 6.92 Å². The Hall–Kier alpha value is -2.58. The number of benzene rings is 2. The van der Waals surface area contributed by atoms with E-state index in [1.165, 1.54) is 19.2 Å². The van der Waals surface area contributed by atoms with Crippen molar-refractivity contribution in [3.8, 4) is 11.5 Å². The molecule has 0 aliphatic carbocycles. The molecular formula is C17H20N2O5S. The van der Waals surface area contributed by atoms with E-state index < -0.39 is 22.5 Å². The number of carbonyl (C=O) groups excluding carboxylic acids is 1. The number of para-hydroxylation sites is 2. The molecule has 25 heavy (non-hydrogen) atoms. The molecule has 0 unspecified atom stereocenters. The number of ether oxygens (including phenoxy) is 2. The summed E-state index contributed by atoms with van der Waals surface area (Å²) in [5.41, 5.74) is 0.468. The summed E-state index contributed by atoms with van der Waals surface area (Å²) in [7, 11) is -2.31. The van der Waals surface area contributed by atoms with Crippen LogP contribution in [0.25, 0.3) is 0 Å². The van der Waals surface area contributed by atoms with Crippen LogP contribution in [0.3, 0.4) is 0 Å². The Morgan fingerprint density at radius 2 is 1.76 bits per heavy atom. The minimum absolute atomic E-state index is 0.0565. The fraction of sp³-hybridized carbons (Fsp3) is 0.235. The first-order valence-electron chi connectivity index (χ1n) is 7.61. The van der Waals surface area contributed by atoms with Gasteiger partial charge in [0.05, 0.1) is 30.8 Å². The van der Waals surface area contributed by atoms with E-state index in [1.54, 1.807) is 36.4 Å². The van der Waals surface area contributed by atoms with Gasteiger partial charge in [-0.3, -0.25) is 4.79 Å². The van der Waals surface area contributed by atoms with E-state index in [1.807, 2.05) is 6.92 Å². The molecule has 134 valence electrons. The van der Waals surface area contributed by atoms with Gasteiger partial charge in [-0.2, -0.15) is 0 Å². The second-order valence-corrected chi connectivity index (χ2v) is 6.74. The summed E-state index contributed by atoms with van der Waals surface area (Å²) in [6.45, 7) is 1.94. The van der Waals surface area contributed by atoms with Crippen molar-refractivity contribution < 1.29 is 22.7 Å². The average molecular weight is 364 g/mol. The fourth-order valence-corrected chi connectivity index (χ4v) is 3.05. The molecule has 2 rings (SSSR count). The smallest absolute Gasteiger partial charge is 0.241 e. The normalized spacial score (nSPS) is 11.0. The van der Waals surface area contributed by atoms with Crippen molar-refractivity contribution >= 4 is 21.6 Å². The quantitative estimate of drug-likeness (QED) is 0.747. The molecule has 7 nitrogen and oxygen atoms in total. The molecule has 0 saturated carbocycles. The summed E-state index contributed by atoms with van der Waals surface area (Å²) in [4.78, 5) is 12.0. The van der Waals surface area contributed by atoms with Gasteiger partial charge in [0.2, 0.25) is 15.9 Å². The minimum Gasteiger partial charge on any atom is -0.495 e. The first-order chi connectivity index (χ1) is 12.0. The molecule has 8 heteroatoms. The second kappa shape index (κ2) is 8.50. The third kappa shape index (κ3) is 5.20. The van der Waals surface area contributed by atoms with Gasteiger partial charge in [-0.1, -0.05) is 12.1 Å². The molecule has 0 aromatic heterocycles. The maximum atomic E-state index is 12.2. The number of rotatable bonds is 8. The number of anilines is 1. The van der Waals surface area contributed by atoms with Crippen molar-refractivity contribution in [2.24, 2.45) is 0 Å². The molecule has 0 bridgehead atoms. The van der Waals surface area contributed by atoms with Gasteiger partial charge >= 0.3 is 0 Å². The summed E-state index contributed by atoms with van der Waals surface area (Å²) >= 11 is 0. The van der Waals surface area contributed by atoms with Crippen molar-refractivity contribution in [1.82, 2.24) is 4.72 Å². The fourth-order valence-electron chi connectivity index (χ4n) is 2.07. The maximum absolute atomic E-state index is 12.2. The standard InChI is InChI=1S/C17H20N2O5S/c1-3-24-13-8-10-14(11-9-13)25(21,22)18-12-17(20)19-15-6-4-5-7-16(15)23-2/h4-11,18H,3,12H2,1-2H3,(H,19,20). The van der Waals surface area contributed by atoms with E-state index in [-0.39, 0.29) is 4.90 Å². The zero-order valence-electron chi connectivity index (χ0n) is 14.0. The zero-order chi connectivity index (χ0) is 18.3. The molecule has 0 aliphatic heterocycles. The summed E-state index contributed by atoms with van der Waals surface area (Å²) in [5, 5.41) is 2.60. The summed E-state index contributed by atoms with van der Waals surface area (Å²) < 4.78 is 37.1. The van der Waals surface area contributed by atoms with Crippen LogP contribution in [0.2, 0.25) is 0 Å². The molecule has 0 atom stereocenters. The lowest BCUT2D eigenvalue weighted by Gasteiger charge is -2.11. The number of nitrogens with one attached hydrogen (secondary N) is 2. The topological polar surface area (TPSA) is 93.7 Å². The Bertz CT molecular complexity index is 819. The Kier molecular flexibility index (Phi) is 6.37. The monoisotopic (exact) mass is 364 g/mol. The summed E-state index contributed by atoms with van der Waals surface area (Å²) in [5.74, 6) is 0.569. The molecule has 0 aliphatic rings. The first-order valence-corrected chi connectivity index (χ1v) is 9.10. The van der Waals surface area contributed by atoms with Crippen molar-refractivity contribution in [3.63, 3.8) is 0 Å². The van der Waals surface area contributed by atoms with Crippen LogP contribution in [-0.2, 0) is 14.8 Å². The van der Waals surface area contributed by atoms with Crippen molar-refractivity contribution in [2.75, 3.05) is 25.6 Å². The van der Waals surface area contributed by atoms with Gasteiger partial charge in [-0.05, 0) is 43.3 Å². The van der Waals surface area contributed by atoms with Gasteiger partial charge in [0, 0.05) is 0 Å². The van der Waals surface area contributed by atoms with E-state index in [2.05, 4.69) is 10.0 Å². The molecule has 2 N–H and O–H groups in total. The van der Waals surface area contributed by atoms with Crippen LogP contribution in [0, 0.1) is 0 Å². The number of carbonyl (C=O) groups is 1. The lowest BCUT2D eigenvalue weighted by atomic mass is 10.3. The Morgan fingerprint density at radius 1 is 1.08 bits per heavy atom. The third-order valence-corrected chi connectivity index (χ3v) is 4.67. The van der Waals surface area contributed by atoms with Crippen LogP contribution >= 0.6 is 0 Å².